The van der Waals surface area contributed by atoms with E-state index in [4.69, 9.17) is 27.9 Å². The van der Waals surface area contributed by atoms with Crippen LogP contribution in [0.15, 0.2) is 60.2 Å². The Morgan fingerprint density at radius 1 is 0.918 bits per heavy atom. The molecule has 2 saturated heterocycles. The summed E-state index contributed by atoms with van der Waals surface area (Å²) in [5.74, 6) is -9.85. The molecule has 7 rings (SSSR count). The van der Waals surface area contributed by atoms with Gasteiger partial charge >= 0.3 is 5.97 Å². The molecule has 0 bridgehead atoms. The van der Waals surface area contributed by atoms with Crippen molar-refractivity contribution in [2.75, 3.05) is 16.9 Å². The summed E-state index contributed by atoms with van der Waals surface area (Å²) in [6.07, 6.45) is 1.92. The third-order valence-corrected chi connectivity index (χ3v) is 11.1. The summed E-state index contributed by atoms with van der Waals surface area (Å²) >= 11 is 12.5. The second-order valence-corrected chi connectivity index (χ2v) is 13.6. The van der Waals surface area contributed by atoms with Gasteiger partial charge in [-0.2, -0.15) is 0 Å². The molecule has 6 atom stereocenters. The number of ether oxygens (including phenoxy) is 1. The van der Waals surface area contributed by atoms with Gasteiger partial charge in [-0.1, -0.05) is 34.9 Å². The quantitative estimate of drug-likeness (QED) is 0.223. The molecule has 4 amide bonds. The van der Waals surface area contributed by atoms with Crippen molar-refractivity contribution in [1.29, 1.82) is 0 Å². The number of aromatic carboxylic acids is 1. The molecule has 0 spiro atoms. The first-order valence-corrected chi connectivity index (χ1v) is 16.0. The Labute approximate surface area is 288 Å². The Hall–Kier alpha value is -4.94. The average Bonchev–Trinajstić information content (AvgIpc) is 3.42. The topological polar surface area (TPSA) is 162 Å². The average molecular weight is 710 g/mol. The fourth-order valence-corrected chi connectivity index (χ4v) is 8.67. The van der Waals surface area contributed by atoms with Gasteiger partial charge in [-0.05, 0) is 73.7 Å². The van der Waals surface area contributed by atoms with E-state index >= 15 is 0 Å². The summed E-state index contributed by atoms with van der Waals surface area (Å²) in [5.41, 5.74) is -0.775. The van der Waals surface area contributed by atoms with Gasteiger partial charge < -0.3 is 20.1 Å². The van der Waals surface area contributed by atoms with Crippen LogP contribution in [-0.4, -0.2) is 52.0 Å². The molecule has 3 N–H and O–H groups in total. The van der Waals surface area contributed by atoms with E-state index in [2.05, 4.69) is 0 Å². The summed E-state index contributed by atoms with van der Waals surface area (Å²) in [7, 11) is 1.33. The molecule has 2 heterocycles. The Morgan fingerprint density at radius 3 is 2.27 bits per heavy atom. The second kappa shape index (κ2) is 11.3. The molecule has 2 aliphatic heterocycles. The second-order valence-electron chi connectivity index (χ2n) is 12.8. The maximum atomic E-state index is 14.6. The lowest BCUT2D eigenvalue weighted by atomic mass is 9.51. The molecule has 2 aliphatic carbocycles. The number of carboxylic acids is 1. The molecule has 0 radical (unpaired) electrons. The Balaban J connectivity index is 1.37. The number of carboxylic acid groups (broad SMARTS) is 1. The van der Waals surface area contributed by atoms with Gasteiger partial charge in [0.1, 0.15) is 17.1 Å². The summed E-state index contributed by atoms with van der Waals surface area (Å²) in [4.78, 5) is 70.3. The van der Waals surface area contributed by atoms with Gasteiger partial charge in [-0.25, -0.2) is 19.0 Å². The van der Waals surface area contributed by atoms with Crippen molar-refractivity contribution in [3.05, 3.63) is 87.2 Å². The van der Waals surface area contributed by atoms with Crippen LogP contribution in [0.1, 0.15) is 41.6 Å². The molecule has 3 aromatic carbocycles. The fourth-order valence-electron chi connectivity index (χ4n) is 8.28. The van der Waals surface area contributed by atoms with Crippen LogP contribution in [0.3, 0.4) is 0 Å². The van der Waals surface area contributed by atoms with Gasteiger partial charge in [0.2, 0.25) is 23.6 Å². The van der Waals surface area contributed by atoms with E-state index in [-0.39, 0.29) is 45.8 Å². The summed E-state index contributed by atoms with van der Waals surface area (Å²) < 4.78 is 19.5. The van der Waals surface area contributed by atoms with E-state index < -0.39 is 81.7 Å². The fraction of sp³-hybridized carbons (Fsp3) is 0.286. The van der Waals surface area contributed by atoms with E-state index in [9.17, 15) is 43.7 Å². The molecular formula is C35H27Cl2FN2O9. The summed E-state index contributed by atoms with van der Waals surface area (Å²) in [6, 6.07) is 9.90. The molecule has 252 valence electrons. The van der Waals surface area contributed by atoms with Crippen LogP contribution in [0.25, 0.3) is 0 Å². The Kier molecular flexibility index (Phi) is 7.53. The zero-order valence-electron chi connectivity index (χ0n) is 25.8. The molecule has 11 nitrogen and oxygen atoms in total. The SMILES string of the molecule is COc1cc([C@H]2C3=CC[C@@H]4C(=O)N(c5ccc(C(=O)O)c(O)c5)C(=O)[C@@H]4[C@@H]3C[C@H]3C(=O)N(c4ccc(F)c(Cl)c4)C(=O)[C@@]23C)cc(Cl)c1O. The number of allylic oxidation sites excluding steroid dienone is 2. The number of hydrogen-bond donors (Lipinski definition) is 3. The van der Waals surface area contributed by atoms with Crippen LogP contribution < -0.4 is 14.5 Å². The number of anilines is 2. The molecule has 3 fully saturated rings. The van der Waals surface area contributed by atoms with Gasteiger partial charge in [0.25, 0.3) is 0 Å². The van der Waals surface area contributed by atoms with Gasteiger partial charge in [0, 0.05) is 12.0 Å². The van der Waals surface area contributed by atoms with E-state index in [1.807, 2.05) is 0 Å². The zero-order valence-corrected chi connectivity index (χ0v) is 27.3. The predicted octanol–water partition coefficient (Wildman–Crippen LogP) is 5.69. The lowest BCUT2D eigenvalue weighted by molar-refractivity contribution is -0.131. The van der Waals surface area contributed by atoms with Crippen LogP contribution in [0.2, 0.25) is 10.0 Å². The van der Waals surface area contributed by atoms with Crippen molar-refractivity contribution < 1.29 is 48.4 Å². The van der Waals surface area contributed by atoms with Crippen molar-refractivity contribution in [3.8, 4) is 17.2 Å². The maximum absolute atomic E-state index is 14.6. The van der Waals surface area contributed by atoms with Crippen LogP contribution >= 0.6 is 23.2 Å². The standard InChI is InChI=1S/C35H27Cl2FN2O9/c1-35-21(31(44)40(34(35)48)15-4-8-24(38)22(36)11-15)13-20-17(28(35)14-9-23(37)29(42)26(10-14)49-2)6-7-19-27(20)32(45)39(30(19)43)16-3-5-18(33(46)47)25(41)12-16/h3-6,8-12,19-21,27-28,41-42H,7,13H2,1-2H3,(H,46,47)/t19-,20+,21-,27-,28-,35+/m0/s1. The first-order chi connectivity index (χ1) is 23.2. The lowest BCUT2D eigenvalue weighted by Crippen LogP contribution is -2.48. The van der Waals surface area contributed by atoms with E-state index in [0.717, 1.165) is 28.0 Å². The predicted molar refractivity (Wildman–Crippen MR) is 173 cm³/mol. The third kappa shape index (κ3) is 4.57. The Morgan fingerprint density at radius 2 is 1.61 bits per heavy atom. The first-order valence-electron chi connectivity index (χ1n) is 15.2. The van der Waals surface area contributed by atoms with E-state index in [1.165, 1.54) is 37.4 Å². The number of hydrogen-bond acceptors (Lipinski definition) is 8. The number of carbonyl (C=O) groups is 5. The normalized spacial score (nSPS) is 27.5. The molecule has 49 heavy (non-hydrogen) atoms. The molecule has 3 aromatic rings. The summed E-state index contributed by atoms with van der Waals surface area (Å²) in [6.45, 7) is 1.64. The largest absolute Gasteiger partial charge is 0.507 e. The molecule has 14 heteroatoms. The van der Waals surface area contributed by atoms with Crippen LogP contribution in [0.5, 0.6) is 17.2 Å². The number of rotatable bonds is 5. The number of carbonyl (C=O) groups excluding carboxylic acids is 4. The number of benzene rings is 3. The minimum atomic E-state index is -1.47. The van der Waals surface area contributed by atoms with Crippen molar-refractivity contribution >= 4 is 64.2 Å². The highest BCUT2D eigenvalue weighted by Crippen LogP contribution is 2.64. The van der Waals surface area contributed by atoms with Crippen LogP contribution in [0.4, 0.5) is 15.8 Å². The van der Waals surface area contributed by atoms with Gasteiger partial charge in [-0.15, -0.1) is 0 Å². The minimum absolute atomic E-state index is 0.00724. The number of halogens is 3. The van der Waals surface area contributed by atoms with Gasteiger partial charge in [0.15, 0.2) is 11.5 Å². The summed E-state index contributed by atoms with van der Waals surface area (Å²) in [5, 5.41) is 29.9. The molecule has 0 unspecified atom stereocenters. The maximum Gasteiger partial charge on any atom is 0.339 e. The number of imide groups is 2. The smallest absolute Gasteiger partial charge is 0.339 e. The number of amides is 4. The number of nitrogens with zero attached hydrogens (tertiary/aromatic N) is 2. The van der Waals surface area contributed by atoms with E-state index in [1.54, 1.807) is 13.0 Å². The number of fused-ring (bicyclic) bond motifs is 4. The zero-order chi connectivity index (χ0) is 35.3. The minimum Gasteiger partial charge on any atom is -0.507 e. The lowest BCUT2D eigenvalue weighted by Gasteiger charge is -2.49. The van der Waals surface area contributed by atoms with Crippen molar-refractivity contribution in [2.45, 2.75) is 25.7 Å². The molecule has 1 saturated carbocycles. The van der Waals surface area contributed by atoms with Crippen molar-refractivity contribution in [3.63, 3.8) is 0 Å². The van der Waals surface area contributed by atoms with Gasteiger partial charge in [0.05, 0.1) is 51.7 Å². The van der Waals surface area contributed by atoms with Crippen LogP contribution in [0, 0.1) is 34.9 Å². The van der Waals surface area contributed by atoms with Gasteiger partial charge in [-0.3, -0.25) is 19.2 Å². The Bertz CT molecular complexity index is 2070. The third-order valence-electron chi connectivity index (χ3n) is 10.5. The van der Waals surface area contributed by atoms with Crippen molar-refractivity contribution in [2.24, 2.45) is 29.1 Å². The van der Waals surface area contributed by atoms with Crippen molar-refractivity contribution in [1.82, 2.24) is 0 Å². The molecular weight excluding hydrogens is 682 g/mol. The number of phenolic OH excluding ortho intramolecular Hbond substituents is 1. The number of phenols is 2. The molecule has 0 aromatic heterocycles. The number of aromatic hydroxyl groups is 2. The highest BCUT2D eigenvalue weighted by atomic mass is 35.5. The van der Waals surface area contributed by atoms with Crippen LogP contribution in [-0.2, 0) is 19.2 Å². The molecule has 4 aliphatic rings. The monoisotopic (exact) mass is 708 g/mol. The highest BCUT2D eigenvalue weighted by molar-refractivity contribution is 6.32. The first kappa shape index (κ1) is 32.6. The highest BCUT2D eigenvalue weighted by Gasteiger charge is 2.67. The van der Waals surface area contributed by atoms with E-state index in [0.29, 0.717) is 11.1 Å². The number of methoxy groups -OCH3 is 1.